The SMILES string of the molecule is Cc1cc(C(=O)COC(=O)Cn2c(C)csc2=O)c(C)n1CCc1cccs1. The van der Waals surface area contributed by atoms with Crippen LogP contribution in [0.4, 0.5) is 0 Å². The number of esters is 1. The van der Waals surface area contributed by atoms with Crippen molar-refractivity contribution < 1.29 is 14.3 Å². The van der Waals surface area contributed by atoms with Gasteiger partial charge in [0, 0.05) is 39.4 Å². The molecule has 0 aromatic carbocycles. The van der Waals surface area contributed by atoms with Gasteiger partial charge in [-0.1, -0.05) is 17.4 Å². The molecule has 3 aromatic rings. The maximum Gasteiger partial charge on any atom is 0.326 e. The zero-order chi connectivity index (χ0) is 20.3. The van der Waals surface area contributed by atoms with Crippen LogP contribution in [-0.2, 0) is 29.0 Å². The summed E-state index contributed by atoms with van der Waals surface area (Å²) in [4.78, 5) is 37.3. The molecule has 0 bridgehead atoms. The number of thiazole rings is 1. The van der Waals surface area contributed by atoms with Crippen molar-refractivity contribution in [3.63, 3.8) is 0 Å². The Hall–Kier alpha value is -2.45. The molecule has 0 spiro atoms. The Kier molecular flexibility index (Phi) is 6.31. The molecule has 8 heteroatoms. The third-order valence-electron chi connectivity index (χ3n) is 4.66. The summed E-state index contributed by atoms with van der Waals surface area (Å²) in [5, 5.41) is 3.74. The molecule has 0 aliphatic carbocycles. The van der Waals surface area contributed by atoms with Gasteiger partial charge in [-0.3, -0.25) is 19.0 Å². The first-order valence-corrected chi connectivity index (χ1v) is 10.7. The Labute approximate surface area is 171 Å². The second kappa shape index (κ2) is 8.70. The fourth-order valence-corrected chi connectivity index (χ4v) is 4.53. The van der Waals surface area contributed by atoms with E-state index >= 15 is 0 Å². The van der Waals surface area contributed by atoms with E-state index in [9.17, 15) is 14.4 Å². The number of ether oxygens (including phenoxy) is 1. The number of hydrogen-bond acceptors (Lipinski definition) is 6. The Balaban J connectivity index is 1.60. The minimum Gasteiger partial charge on any atom is -0.456 e. The van der Waals surface area contributed by atoms with E-state index in [2.05, 4.69) is 16.0 Å². The van der Waals surface area contributed by atoms with Gasteiger partial charge in [0.1, 0.15) is 6.54 Å². The normalized spacial score (nSPS) is 11.0. The molecule has 0 aliphatic rings. The van der Waals surface area contributed by atoms with Crippen LogP contribution < -0.4 is 4.87 Å². The minimum absolute atomic E-state index is 0.179. The van der Waals surface area contributed by atoms with Crippen LogP contribution in [0.5, 0.6) is 0 Å². The summed E-state index contributed by atoms with van der Waals surface area (Å²) in [6.07, 6.45) is 0.908. The largest absolute Gasteiger partial charge is 0.456 e. The highest BCUT2D eigenvalue weighted by molar-refractivity contribution is 7.09. The second-order valence-electron chi connectivity index (χ2n) is 6.58. The summed E-state index contributed by atoms with van der Waals surface area (Å²) in [7, 11) is 0. The molecule has 0 fully saturated rings. The predicted molar refractivity (Wildman–Crippen MR) is 111 cm³/mol. The number of ketones is 1. The quantitative estimate of drug-likeness (QED) is 0.415. The van der Waals surface area contributed by atoms with E-state index in [0.29, 0.717) is 11.3 Å². The second-order valence-corrected chi connectivity index (χ2v) is 8.43. The molecular weight excluding hydrogens is 396 g/mol. The van der Waals surface area contributed by atoms with Crippen LogP contribution in [0.25, 0.3) is 0 Å². The smallest absolute Gasteiger partial charge is 0.326 e. The highest BCUT2D eigenvalue weighted by atomic mass is 32.1. The first kappa shape index (κ1) is 20.3. The highest BCUT2D eigenvalue weighted by Crippen LogP contribution is 2.18. The molecule has 3 rings (SSSR count). The fraction of sp³-hybridized carbons (Fsp3) is 0.350. The van der Waals surface area contributed by atoms with E-state index in [1.165, 1.54) is 9.44 Å². The van der Waals surface area contributed by atoms with Crippen molar-refractivity contribution in [3.8, 4) is 0 Å². The highest BCUT2D eigenvalue weighted by Gasteiger charge is 2.18. The van der Waals surface area contributed by atoms with Crippen LogP contribution in [0.2, 0.25) is 0 Å². The van der Waals surface area contributed by atoms with Gasteiger partial charge in [0.05, 0.1) is 0 Å². The van der Waals surface area contributed by atoms with Gasteiger partial charge >= 0.3 is 10.8 Å². The lowest BCUT2D eigenvalue weighted by molar-refractivity contribution is -0.143. The first-order chi connectivity index (χ1) is 13.4. The van der Waals surface area contributed by atoms with E-state index in [1.807, 2.05) is 26.0 Å². The minimum atomic E-state index is -0.594. The molecule has 148 valence electrons. The van der Waals surface area contributed by atoms with Crippen LogP contribution in [0.3, 0.4) is 0 Å². The number of nitrogens with zero attached hydrogens (tertiary/aromatic N) is 2. The summed E-state index contributed by atoms with van der Waals surface area (Å²) in [5.41, 5.74) is 3.15. The van der Waals surface area contributed by atoms with Gasteiger partial charge in [-0.25, -0.2) is 0 Å². The van der Waals surface area contributed by atoms with Crippen molar-refractivity contribution in [2.45, 2.75) is 40.3 Å². The van der Waals surface area contributed by atoms with Gasteiger partial charge in [0.2, 0.25) is 5.78 Å². The summed E-state index contributed by atoms with van der Waals surface area (Å²) in [6.45, 7) is 5.92. The maximum atomic E-state index is 12.5. The lowest BCUT2D eigenvalue weighted by atomic mass is 10.1. The molecule has 0 atom stereocenters. The Bertz CT molecular complexity index is 1040. The van der Waals surface area contributed by atoms with Crippen LogP contribution in [-0.4, -0.2) is 27.5 Å². The fourth-order valence-electron chi connectivity index (χ4n) is 3.10. The van der Waals surface area contributed by atoms with Crippen molar-refractivity contribution in [2.24, 2.45) is 0 Å². The Morgan fingerprint density at radius 1 is 1.11 bits per heavy atom. The predicted octanol–water partition coefficient (Wildman–Crippen LogP) is 3.37. The van der Waals surface area contributed by atoms with Gasteiger partial charge in [-0.05, 0) is 44.7 Å². The number of hydrogen-bond donors (Lipinski definition) is 0. The lowest BCUT2D eigenvalue weighted by Gasteiger charge is -2.09. The van der Waals surface area contributed by atoms with Crippen LogP contribution in [0, 0.1) is 20.8 Å². The molecule has 0 aliphatic heterocycles. The number of thiophene rings is 1. The van der Waals surface area contributed by atoms with E-state index in [4.69, 9.17) is 4.74 Å². The lowest BCUT2D eigenvalue weighted by Crippen LogP contribution is -2.24. The van der Waals surface area contributed by atoms with E-state index < -0.39 is 5.97 Å². The van der Waals surface area contributed by atoms with Gasteiger partial charge in [-0.2, -0.15) is 0 Å². The summed E-state index contributed by atoms with van der Waals surface area (Å²) in [6, 6.07) is 5.97. The maximum absolute atomic E-state index is 12.5. The Morgan fingerprint density at radius 2 is 1.89 bits per heavy atom. The van der Waals surface area contributed by atoms with Crippen molar-refractivity contribution in [1.29, 1.82) is 0 Å². The van der Waals surface area contributed by atoms with Crippen LogP contribution in [0.1, 0.15) is 32.3 Å². The summed E-state index contributed by atoms with van der Waals surface area (Å²) < 4.78 is 8.57. The number of aryl methyl sites for hydroxylation is 3. The third kappa shape index (κ3) is 4.51. The molecule has 6 nitrogen and oxygen atoms in total. The van der Waals surface area contributed by atoms with Crippen molar-refractivity contribution in [3.05, 3.63) is 66.1 Å². The van der Waals surface area contributed by atoms with Crippen LogP contribution >= 0.6 is 22.7 Å². The molecule has 0 saturated heterocycles. The van der Waals surface area contributed by atoms with Crippen molar-refractivity contribution >= 4 is 34.4 Å². The van der Waals surface area contributed by atoms with Gasteiger partial charge in [0.15, 0.2) is 6.61 Å². The van der Waals surface area contributed by atoms with E-state index in [0.717, 1.165) is 35.7 Å². The van der Waals surface area contributed by atoms with Gasteiger partial charge in [-0.15, -0.1) is 11.3 Å². The molecule has 0 saturated carbocycles. The molecule has 28 heavy (non-hydrogen) atoms. The Morgan fingerprint density at radius 3 is 2.54 bits per heavy atom. The van der Waals surface area contributed by atoms with E-state index in [1.54, 1.807) is 23.6 Å². The topological polar surface area (TPSA) is 70.3 Å². The number of rotatable bonds is 8. The zero-order valence-corrected chi connectivity index (χ0v) is 17.7. The molecule has 3 heterocycles. The number of carbonyl (C=O) groups excluding carboxylic acids is 2. The van der Waals surface area contributed by atoms with Gasteiger partial charge < -0.3 is 9.30 Å². The number of Topliss-reactive ketones (excluding diaryl/α,β-unsaturated/α-hetero) is 1. The summed E-state index contributed by atoms with van der Waals surface area (Å²) >= 11 is 2.76. The van der Waals surface area contributed by atoms with Gasteiger partial charge in [0.25, 0.3) is 0 Å². The van der Waals surface area contributed by atoms with Crippen molar-refractivity contribution in [2.75, 3.05) is 6.61 Å². The molecule has 0 unspecified atom stereocenters. The first-order valence-electron chi connectivity index (χ1n) is 8.89. The number of carbonyl (C=O) groups is 2. The monoisotopic (exact) mass is 418 g/mol. The zero-order valence-electron chi connectivity index (χ0n) is 16.1. The third-order valence-corrected chi connectivity index (χ3v) is 6.48. The molecule has 0 N–H and O–H groups in total. The number of aromatic nitrogens is 2. The van der Waals surface area contributed by atoms with Crippen LogP contribution in [0.15, 0.2) is 33.8 Å². The average Bonchev–Trinajstić information content (AvgIpc) is 3.35. The molecule has 0 amide bonds. The standard InChI is InChI=1S/C20H22N2O4S2/c1-13-9-17(15(3)21(13)7-6-16-5-4-8-27-16)18(23)11-26-19(24)10-22-14(2)12-28-20(22)25/h4-5,8-9,12H,6-7,10-11H2,1-3H3. The molecule has 0 radical (unpaired) electrons. The summed E-state index contributed by atoms with van der Waals surface area (Å²) in [5.74, 6) is -0.832. The molecular formula is C20H22N2O4S2. The average molecular weight is 419 g/mol. The molecule has 3 aromatic heterocycles. The van der Waals surface area contributed by atoms with Crippen molar-refractivity contribution in [1.82, 2.24) is 9.13 Å². The van der Waals surface area contributed by atoms with E-state index in [-0.39, 0.29) is 23.8 Å².